The highest BCUT2D eigenvalue weighted by molar-refractivity contribution is 5.83. The van der Waals surface area contributed by atoms with E-state index >= 15 is 0 Å². The van der Waals surface area contributed by atoms with E-state index in [0.717, 1.165) is 12.8 Å². The van der Waals surface area contributed by atoms with Crippen LogP contribution in [0.1, 0.15) is 44.2 Å². The molecule has 0 aliphatic heterocycles. The molecule has 3 nitrogen and oxygen atoms in total. The van der Waals surface area contributed by atoms with E-state index in [9.17, 15) is 5.11 Å². The molecule has 160 valence electrons. The van der Waals surface area contributed by atoms with Crippen molar-refractivity contribution in [2.45, 2.75) is 51.2 Å². The molecular formula is C27H35NO2. The molecule has 2 N–H and O–H groups in total. The summed E-state index contributed by atoms with van der Waals surface area (Å²) in [4.78, 5) is 0. The predicted molar refractivity (Wildman–Crippen MR) is 126 cm³/mol. The zero-order valence-corrected chi connectivity index (χ0v) is 18.5. The highest BCUT2D eigenvalue weighted by Crippen LogP contribution is 2.20. The first-order valence-electron chi connectivity index (χ1n) is 11.0. The third-order valence-corrected chi connectivity index (χ3v) is 5.65. The topological polar surface area (TPSA) is 41.5 Å². The number of fused-ring (bicyclic) bond motifs is 1. The molecule has 30 heavy (non-hydrogen) atoms. The Hall–Kier alpha value is -2.20. The minimum absolute atomic E-state index is 0.106. The van der Waals surface area contributed by atoms with Crippen molar-refractivity contribution >= 4 is 10.8 Å². The van der Waals surface area contributed by atoms with Crippen molar-refractivity contribution in [3.8, 4) is 0 Å². The Bertz CT molecular complexity index is 907. The van der Waals surface area contributed by atoms with Crippen molar-refractivity contribution < 1.29 is 9.84 Å². The number of nitrogens with one attached hydrogen (secondary N) is 1. The average molecular weight is 406 g/mol. The molecule has 0 saturated carbocycles. The smallest absolute Gasteiger partial charge is 0.0897 e. The molecule has 0 spiro atoms. The summed E-state index contributed by atoms with van der Waals surface area (Å²) >= 11 is 0. The van der Waals surface area contributed by atoms with Crippen molar-refractivity contribution in [1.29, 1.82) is 0 Å². The van der Waals surface area contributed by atoms with Gasteiger partial charge in [-0.25, -0.2) is 0 Å². The number of β-amino-alcohol motifs (C(OH)–C–C–N with tert-alkyl or cyclic N) is 1. The zero-order valence-electron chi connectivity index (χ0n) is 18.5. The second kappa shape index (κ2) is 10.7. The highest BCUT2D eigenvalue weighted by Gasteiger charge is 2.19. The van der Waals surface area contributed by atoms with Crippen molar-refractivity contribution in [1.82, 2.24) is 5.32 Å². The van der Waals surface area contributed by atoms with E-state index < -0.39 is 6.10 Å². The van der Waals surface area contributed by atoms with Crippen LogP contribution in [0.15, 0.2) is 72.8 Å². The van der Waals surface area contributed by atoms with E-state index in [2.05, 4.69) is 92.8 Å². The minimum Gasteiger partial charge on any atom is -0.389 e. The number of aliphatic hydroxyl groups excluding tert-OH is 1. The van der Waals surface area contributed by atoms with E-state index in [1.807, 2.05) is 6.07 Å². The maximum atomic E-state index is 10.3. The van der Waals surface area contributed by atoms with Gasteiger partial charge in [-0.2, -0.15) is 0 Å². The van der Waals surface area contributed by atoms with Gasteiger partial charge in [0.2, 0.25) is 0 Å². The average Bonchev–Trinajstić information content (AvgIpc) is 2.75. The monoisotopic (exact) mass is 405 g/mol. The molecule has 0 aliphatic rings. The van der Waals surface area contributed by atoms with Crippen LogP contribution in [0.4, 0.5) is 0 Å². The molecule has 0 saturated heterocycles. The number of aliphatic hydroxyl groups is 1. The van der Waals surface area contributed by atoms with E-state index in [4.69, 9.17) is 4.74 Å². The van der Waals surface area contributed by atoms with Crippen LogP contribution in [0.25, 0.3) is 10.8 Å². The first kappa shape index (κ1) is 22.5. The third kappa shape index (κ3) is 6.94. The highest BCUT2D eigenvalue weighted by atomic mass is 16.5. The summed E-state index contributed by atoms with van der Waals surface area (Å²) in [7, 11) is 0. The molecule has 3 aromatic rings. The molecule has 0 aliphatic carbocycles. The predicted octanol–water partition coefficient (Wildman–Crippen LogP) is 5.32. The summed E-state index contributed by atoms with van der Waals surface area (Å²) in [5.41, 5.74) is 2.52. The molecule has 3 rings (SSSR count). The van der Waals surface area contributed by atoms with Crippen LogP contribution in [0, 0.1) is 0 Å². The van der Waals surface area contributed by atoms with Gasteiger partial charge in [0.15, 0.2) is 0 Å². The van der Waals surface area contributed by atoms with Gasteiger partial charge in [0.1, 0.15) is 0 Å². The summed E-state index contributed by atoms with van der Waals surface area (Å²) in [5, 5.41) is 16.3. The normalized spacial score (nSPS) is 14.0. The minimum atomic E-state index is -0.507. The maximum absolute atomic E-state index is 10.3. The SMILES string of the molecule is CC(CCOC[C@H](O)CNC(C)(C)Cc1ccc2ccccc2c1)c1ccccc1. The first-order chi connectivity index (χ1) is 14.4. The van der Waals surface area contributed by atoms with Crippen LogP contribution in [0.3, 0.4) is 0 Å². The first-order valence-corrected chi connectivity index (χ1v) is 11.0. The lowest BCUT2D eigenvalue weighted by molar-refractivity contribution is 0.0313. The van der Waals surface area contributed by atoms with E-state index in [0.29, 0.717) is 25.7 Å². The van der Waals surface area contributed by atoms with Crippen LogP contribution < -0.4 is 5.32 Å². The lowest BCUT2D eigenvalue weighted by Gasteiger charge is -2.28. The van der Waals surface area contributed by atoms with Gasteiger partial charge in [0.25, 0.3) is 0 Å². The number of benzene rings is 3. The van der Waals surface area contributed by atoms with Crippen molar-refractivity contribution in [3.05, 3.63) is 83.9 Å². The number of rotatable bonds is 11. The third-order valence-electron chi connectivity index (χ3n) is 5.65. The standard InChI is InChI=1S/C27H35NO2/c1-21(23-9-5-4-6-10-23)15-16-30-20-26(29)19-28-27(2,3)18-22-13-14-24-11-7-8-12-25(24)17-22/h4-14,17,21,26,28-29H,15-16,18-20H2,1-3H3/t21?,26-/m1/s1. The summed E-state index contributed by atoms with van der Waals surface area (Å²) in [5.74, 6) is 0.461. The summed E-state index contributed by atoms with van der Waals surface area (Å²) in [6.07, 6.45) is 1.35. The van der Waals surface area contributed by atoms with Gasteiger partial charge in [0, 0.05) is 18.7 Å². The van der Waals surface area contributed by atoms with Crippen LogP contribution in [0.5, 0.6) is 0 Å². The van der Waals surface area contributed by atoms with Gasteiger partial charge in [-0.15, -0.1) is 0 Å². The van der Waals surface area contributed by atoms with Gasteiger partial charge in [-0.1, -0.05) is 79.7 Å². The Morgan fingerprint density at radius 1 is 0.933 bits per heavy atom. The molecule has 1 unspecified atom stereocenters. The quantitative estimate of drug-likeness (QED) is 0.424. The molecule has 0 heterocycles. The fraction of sp³-hybridized carbons (Fsp3) is 0.407. The molecule has 0 bridgehead atoms. The Labute approximate surface area is 181 Å². The van der Waals surface area contributed by atoms with Crippen LogP contribution in [0.2, 0.25) is 0 Å². The summed E-state index contributed by atoms with van der Waals surface area (Å²) in [6.45, 7) is 8.11. The second-order valence-corrected chi connectivity index (χ2v) is 8.95. The van der Waals surface area contributed by atoms with Gasteiger partial charge >= 0.3 is 0 Å². The van der Waals surface area contributed by atoms with Crippen LogP contribution in [-0.2, 0) is 11.2 Å². The Balaban J connectivity index is 1.38. The molecule has 0 radical (unpaired) electrons. The van der Waals surface area contributed by atoms with Crippen LogP contribution >= 0.6 is 0 Å². The van der Waals surface area contributed by atoms with Crippen molar-refractivity contribution in [2.24, 2.45) is 0 Å². The van der Waals surface area contributed by atoms with Gasteiger partial charge < -0.3 is 15.2 Å². The lowest BCUT2D eigenvalue weighted by atomic mass is 9.93. The fourth-order valence-corrected chi connectivity index (χ4v) is 3.80. The van der Waals surface area contributed by atoms with E-state index in [1.54, 1.807) is 0 Å². The van der Waals surface area contributed by atoms with Gasteiger partial charge in [-0.05, 0) is 54.5 Å². The van der Waals surface area contributed by atoms with E-state index in [1.165, 1.54) is 21.9 Å². The molecule has 3 aromatic carbocycles. The summed E-state index contributed by atoms with van der Waals surface area (Å²) in [6, 6.07) is 25.6. The van der Waals surface area contributed by atoms with Crippen LogP contribution in [-0.4, -0.2) is 36.5 Å². The van der Waals surface area contributed by atoms with Gasteiger partial charge in [0.05, 0.1) is 12.7 Å². The molecule has 3 heteroatoms. The molecular weight excluding hydrogens is 370 g/mol. The summed E-state index contributed by atoms with van der Waals surface area (Å²) < 4.78 is 5.73. The lowest BCUT2D eigenvalue weighted by Crippen LogP contribution is -2.46. The maximum Gasteiger partial charge on any atom is 0.0897 e. The van der Waals surface area contributed by atoms with E-state index in [-0.39, 0.29) is 5.54 Å². The Kier molecular flexibility index (Phi) is 8.03. The van der Waals surface area contributed by atoms with Crippen molar-refractivity contribution in [3.63, 3.8) is 0 Å². The molecule has 0 fully saturated rings. The Morgan fingerprint density at radius 3 is 2.40 bits per heavy atom. The number of hydrogen-bond acceptors (Lipinski definition) is 3. The molecule has 2 atom stereocenters. The Morgan fingerprint density at radius 2 is 1.63 bits per heavy atom. The largest absolute Gasteiger partial charge is 0.389 e. The fourth-order valence-electron chi connectivity index (χ4n) is 3.80. The molecule has 0 amide bonds. The molecule has 0 aromatic heterocycles. The second-order valence-electron chi connectivity index (χ2n) is 8.95. The zero-order chi connectivity index (χ0) is 21.4. The van der Waals surface area contributed by atoms with Gasteiger partial charge in [-0.3, -0.25) is 0 Å². The van der Waals surface area contributed by atoms with Crippen molar-refractivity contribution in [2.75, 3.05) is 19.8 Å². The number of hydrogen-bond donors (Lipinski definition) is 2. The number of ether oxygens (including phenoxy) is 1.